The first-order valence-corrected chi connectivity index (χ1v) is 9.16. The molecular weight excluding hydrogens is 368 g/mol. The summed E-state index contributed by atoms with van der Waals surface area (Å²) < 4.78 is 0. The van der Waals surface area contributed by atoms with Gasteiger partial charge in [-0.1, -0.05) is 11.6 Å². The number of nitrogens with one attached hydrogen (secondary N) is 1. The van der Waals surface area contributed by atoms with Gasteiger partial charge in [0, 0.05) is 29.6 Å². The first kappa shape index (κ1) is 19.3. The first-order valence-electron chi connectivity index (χ1n) is 8.78. The molecule has 2 aromatic rings. The number of nitrogens with zero attached hydrogens (tertiary/aromatic N) is 1. The SMILES string of the molecule is O=C(Cc1ccnc(C(=O)NC2(CO)CCC2)c1)Cc1cc(Cl)ccc1O. The molecule has 0 saturated heterocycles. The van der Waals surface area contributed by atoms with Crippen LogP contribution in [0.5, 0.6) is 5.75 Å². The molecule has 1 heterocycles. The molecule has 1 amide bonds. The van der Waals surface area contributed by atoms with Crippen LogP contribution in [-0.4, -0.2) is 39.0 Å². The maximum absolute atomic E-state index is 12.4. The highest BCUT2D eigenvalue weighted by Gasteiger charge is 2.38. The number of carbonyl (C=O) groups is 2. The molecule has 1 fully saturated rings. The van der Waals surface area contributed by atoms with Crippen molar-refractivity contribution in [3.63, 3.8) is 0 Å². The number of benzene rings is 1. The molecule has 0 bridgehead atoms. The highest BCUT2D eigenvalue weighted by molar-refractivity contribution is 6.30. The van der Waals surface area contributed by atoms with Crippen LogP contribution in [0.4, 0.5) is 0 Å². The molecule has 0 spiro atoms. The van der Waals surface area contributed by atoms with Gasteiger partial charge in [-0.2, -0.15) is 0 Å². The second-order valence-electron chi connectivity index (χ2n) is 6.96. The molecule has 0 radical (unpaired) electrons. The zero-order valence-corrected chi connectivity index (χ0v) is 15.5. The first-order chi connectivity index (χ1) is 12.9. The topological polar surface area (TPSA) is 99.5 Å². The normalized spacial score (nSPS) is 15.0. The third kappa shape index (κ3) is 4.64. The number of Topliss-reactive ketones (excluding diaryl/α,β-unsaturated/α-hetero) is 1. The lowest BCUT2D eigenvalue weighted by Crippen LogP contribution is -2.56. The molecule has 27 heavy (non-hydrogen) atoms. The minimum absolute atomic E-state index is 0.0253. The summed E-state index contributed by atoms with van der Waals surface area (Å²) >= 11 is 5.90. The number of ketones is 1. The summed E-state index contributed by atoms with van der Waals surface area (Å²) in [7, 11) is 0. The number of halogens is 1. The summed E-state index contributed by atoms with van der Waals surface area (Å²) in [6.45, 7) is -0.0972. The summed E-state index contributed by atoms with van der Waals surface area (Å²) in [6, 6.07) is 7.83. The number of rotatable bonds is 7. The highest BCUT2D eigenvalue weighted by Crippen LogP contribution is 2.31. The maximum atomic E-state index is 12.4. The summed E-state index contributed by atoms with van der Waals surface area (Å²) in [6.07, 6.45) is 4.11. The summed E-state index contributed by atoms with van der Waals surface area (Å²) in [5.41, 5.74) is 0.794. The van der Waals surface area contributed by atoms with Crippen LogP contribution in [0.3, 0.4) is 0 Å². The van der Waals surface area contributed by atoms with Crippen LogP contribution >= 0.6 is 11.6 Å². The minimum Gasteiger partial charge on any atom is -0.508 e. The van der Waals surface area contributed by atoms with Crippen LogP contribution in [0.2, 0.25) is 5.02 Å². The van der Waals surface area contributed by atoms with Crippen molar-refractivity contribution in [1.82, 2.24) is 10.3 Å². The Morgan fingerprint density at radius 1 is 1.19 bits per heavy atom. The van der Waals surface area contributed by atoms with Crippen molar-refractivity contribution in [2.24, 2.45) is 0 Å². The van der Waals surface area contributed by atoms with Crippen molar-refractivity contribution in [1.29, 1.82) is 0 Å². The van der Waals surface area contributed by atoms with Crippen molar-refractivity contribution in [2.45, 2.75) is 37.6 Å². The number of hydrogen-bond donors (Lipinski definition) is 3. The van der Waals surface area contributed by atoms with E-state index < -0.39 is 5.54 Å². The van der Waals surface area contributed by atoms with Crippen molar-refractivity contribution < 1.29 is 19.8 Å². The monoisotopic (exact) mass is 388 g/mol. The fourth-order valence-electron chi connectivity index (χ4n) is 3.14. The molecule has 0 aliphatic heterocycles. The minimum atomic E-state index is -0.547. The Labute approximate surface area is 162 Å². The van der Waals surface area contributed by atoms with E-state index in [-0.39, 0.29) is 42.6 Å². The standard InChI is InChI=1S/C20H21ClN2O4/c21-15-2-3-18(26)14(10-15)11-16(25)8-13-4-7-22-17(9-13)19(27)23-20(12-24)5-1-6-20/h2-4,7,9-10,24,26H,1,5-6,8,11-12H2,(H,23,27). The molecule has 142 valence electrons. The van der Waals surface area contributed by atoms with Gasteiger partial charge in [0.25, 0.3) is 5.91 Å². The number of aliphatic hydroxyl groups excluding tert-OH is 1. The Balaban J connectivity index is 1.65. The zero-order chi connectivity index (χ0) is 19.4. The summed E-state index contributed by atoms with van der Waals surface area (Å²) in [5.74, 6) is -0.446. The summed E-state index contributed by atoms with van der Waals surface area (Å²) in [4.78, 5) is 28.8. The Hall–Kier alpha value is -2.44. The largest absolute Gasteiger partial charge is 0.508 e. The number of phenols is 1. The second-order valence-corrected chi connectivity index (χ2v) is 7.40. The molecule has 6 nitrogen and oxygen atoms in total. The lowest BCUT2D eigenvalue weighted by Gasteiger charge is -2.40. The number of amides is 1. The van der Waals surface area contributed by atoms with Gasteiger partial charge in [-0.15, -0.1) is 0 Å². The van der Waals surface area contributed by atoms with Crippen LogP contribution in [0.25, 0.3) is 0 Å². The van der Waals surface area contributed by atoms with Crippen molar-refractivity contribution in [2.75, 3.05) is 6.61 Å². The Morgan fingerprint density at radius 2 is 1.96 bits per heavy atom. The smallest absolute Gasteiger partial charge is 0.270 e. The average molecular weight is 389 g/mol. The number of phenolic OH excluding ortho intramolecular Hbond substituents is 1. The highest BCUT2D eigenvalue weighted by atomic mass is 35.5. The number of aromatic nitrogens is 1. The van der Waals surface area contributed by atoms with Gasteiger partial charge in [0.05, 0.1) is 12.1 Å². The molecule has 3 N–H and O–H groups in total. The number of pyridine rings is 1. The third-order valence-corrected chi connectivity index (χ3v) is 5.11. The van der Waals surface area contributed by atoms with Crippen LogP contribution in [-0.2, 0) is 17.6 Å². The van der Waals surface area contributed by atoms with Crippen LogP contribution < -0.4 is 5.32 Å². The molecule has 0 unspecified atom stereocenters. The number of carbonyl (C=O) groups excluding carboxylic acids is 2. The molecule has 3 rings (SSSR count). The van der Waals surface area contributed by atoms with E-state index >= 15 is 0 Å². The lowest BCUT2D eigenvalue weighted by atomic mass is 9.77. The van der Waals surface area contributed by atoms with E-state index in [9.17, 15) is 19.8 Å². The van der Waals surface area contributed by atoms with E-state index in [0.29, 0.717) is 16.1 Å². The molecule has 1 aromatic carbocycles. The van der Waals surface area contributed by atoms with Gasteiger partial charge in [-0.05, 0) is 55.2 Å². The zero-order valence-electron chi connectivity index (χ0n) is 14.7. The molecule has 1 aliphatic rings. The second kappa shape index (κ2) is 8.06. The molecular formula is C20H21ClN2O4. The van der Waals surface area contributed by atoms with E-state index in [2.05, 4.69) is 10.3 Å². The number of aromatic hydroxyl groups is 1. The molecule has 1 aromatic heterocycles. The van der Waals surface area contributed by atoms with Gasteiger partial charge >= 0.3 is 0 Å². The number of aliphatic hydroxyl groups is 1. The van der Waals surface area contributed by atoms with E-state index in [4.69, 9.17) is 11.6 Å². The fourth-order valence-corrected chi connectivity index (χ4v) is 3.33. The fraction of sp³-hybridized carbons (Fsp3) is 0.350. The van der Waals surface area contributed by atoms with Gasteiger partial charge in [-0.25, -0.2) is 0 Å². The Kier molecular flexibility index (Phi) is 5.77. The van der Waals surface area contributed by atoms with Gasteiger partial charge in [0.1, 0.15) is 17.2 Å². The van der Waals surface area contributed by atoms with Gasteiger partial charge in [-0.3, -0.25) is 14.6 Å². The Morgan fingerprint density at radius 3 is 2.63 bits per heavy atom. The van der Waals surface area contributed by atoms with Crippen LogP contribution in [0.15, 0.2) is 36.5 Å². The van der Waals surface area contributed by atoms with E-state index in [1.807, 2.05) is 0 Å². The van der Waals surface area contributed by atoms with Crippen LogP contribution in [0, 0.1) is 0 Å². The molecule has 0 atom stereocenters. The van der Waals surface area contributed by atoms with Gasteiger partial charge < -0.3 is 15.5 Å². The summed E-state index contributed by atoms with van der Waals surface area (Å²) in [5, 5.41) is 22.6. The van der Waals surface area contributed by atoms with Crippen molar-refractivity contribution in [3.8, 4) is 5.75 Å². The van der Waals surface area contributed by atoms with E-state index in [1.54, 1.807) is 24.3 Å². The van der Waals surface area contributed by atoms with Gasteiger partial charge in [0.15, 0.2) is 0 Å². The predicted octanol–water partition coefficient (Wildman–Crippen LogP) is 2.44. The van der Waals surface area contributed by atoms with Crippen molar-refractivity contribution >= 4 is 23.3 Å². The number of hydrogen-bond acceptors (Lipinski definition) is 5. The van der Waals surface area contributed by atoms with E-state index in [1.165, 1.54) is 12.3 Å². The van der Waals surface area contributed by atoms with Gasteiger partial charge in [0.2, 0.25) is 0 Å². The molecule has 1 saturated carbocycles. The quantitative estimate of drug-likeness (QED) is 0.676. The van der Waals surface area contributed by atoms with Crippen molar-refractivity contribution in [3.05, 3.63) is 58.4 Å². The molecule has 7 heteroatoms. The van der Waals surface area contributed by atoms with Crippen LogP contribution in [0.1, 0.15) is 40.9 Å². The predicted molar refractivity (Wildman–Crippen MR) is 101 cm³/mol. The third-order valence-electron chi connectivity index (χ3n) is 4.88. The Bertz CT molecular complexity index is 859. The lowest BCUT2D eigenvalue weighted by molar-refractivity contribution is -0.117. The molecule has 1 aliphatic carbocycles. The maximum Gasteiger partial charge on any atom is 0.270 e. The average Bonchev–Trinajstić information content (AvgIpc) is 2.61. The van der Waals surface area contributed by atoms with E-state index in [0.717, 1.165) is 19.3 Å².